The van der Waals surface area contributed by atoms with Gasteiger partial charge in [-0.15, -0.1) is 0 Å². The summed E-state index contributed by atoms with van der Waals surface area (Å²) in [6, 6.07) is 7.46. The van der Waals surface area contributed by atoms with Gasteiger partial charge < -0.3 is 5.11 Å². The Hall–Kier alpha value is -0.910. The highest BCUT2D eigenvalue weighted by Crippen LogP contribution is 2.33. The molecule has 4 heteroatoms. The maximum absolute atomic E-state index is 12.2. The van der Waals surface area contributed by atoms with E-state index in [0.29, 0.717) is 18.4 Å². The van der Waals surface area contributed by atoms with Crippen molar-refractivity contribution in [2.45, 2.75) is 32.1 Å². The average molecular weight is 372 g/mol. The first-order valence-corrected chi connectivity index (χ1v) is 7.67. The zero-order chi connectivity index (χ0) is 13.8. The highest BCUT2D eigenvalue weighted by Gasteiger charge is 2.32. The maximum atomic E-state index is 12.2. The molecule has 0 aromatic heterocycles. The topological polar surface area (TPSA) is 54.4 Å². The van der Waals surface area contributed by atoms with Gasteiger partial charge in [0.05, 0.1) is 5.92 Å². The van der Waals surface area contributed by atoms with E-state index >= 15 is 0 Å². The van der Waals surface area contributed by atoms with Crippen molar-refractivity contribution in [3.8, 4) is 0 Å². The molecule has 0 spiro atoms. The van der Waals surface area contributed by atoms with E-state index in [1.807, 2.05) is 24.3 Å². The Morgan fingerprint density at radius 3 is 2.42 bits per heavy atom. The van der Waals surface area contributed by atoms with Crippen molar-refractivity contribution in [3.05, 3.63) is 33.4 Å². The zero-order valence-corrected chi connectivity index (χ0v) is 12.8. The van der Waals surface area contributed by atoms with E-state index in [1.54, 1.807) is 0 Å². The smallest absolute Gasteiger partial charge is 0.306 e. The number of halogens is 1. The van der Waals surface area contributed by atoms with E-state index in [4.69, 9.17) is 0 Å². The molecule has 2 rings (SSSR count). The van der Waals surface area contributed by atoms with Crippen molar-refractivity contribution in [2.24, 2.45) is 11.8 Å². The molecule has 1 aromatic rings. The summed E-state index contributed by atoms with van der Waals surface area (Å²) in [6.07, 6.45) is 3.92. The standard InChI is InChI=1S/C15H17IO3/c16-12-7-5-10(6-8-12)14(17)9-11-3-1-2-4-13(11)15(18)19/h5-8,11,13H,1-4,9H2,(H,18,19)/t11-,13+/m0/s1. The average Bonchev–Trinajstić information content (AvgIpc) is 2.39. The molecule has 0 saturated heterocycles. The van der Waals surface area contributed by atoms with Crippen molar-refractivity contribution in [3.63, 3.8) is 0 Å². The Balaban J connectivity index is 2.04. The summed E-state index contributed by atoms with van der Waals surface area (Å²) in [5, 5.41) is 9.22. The summed E-state index contributed by atoms with van der Waals surface area (Å²) in [7, 11) is 0. The van der Waals surface area contributed by atoms with Crippen molar-refractivity contribution in [1.29, 1.82) is 0 Å². The molecule has 0 radical (unpaired) electrons. The summed E-state index contributed by atoms with van der Waals surface area (Å²) in [5.74, 6) is -1.03. The lowest BCUT2D eigenvalue weighted by Crippen LogP contribution is -2.28. The van der Waals surface area contributed by atoms with Gasteiger partial charge in [-0.25, -0.2) is 0 Å². The number of carbonyl (C=O) groups excluding carboxylic acids is 1. The van der Waals surface area contributed by atoms with Crippen LogP contribution >= 0.6 is 22.6 Å². The number of carboxylic acid groups (broad SMARTS) is 1. The van der Waals surface area contributed by atoms with Gasteiger partial charge in [0.25, 0.3) is 0 Å². The molecule has 2 atom stereocenters. The van der Waals surface area contributed by atoms with Gasteiger partial charge in [-0.05, 0) is 53.5 Å². The van der Waals surface area contributed by atoms with Crippen LogP contribution in [0.15, 0.2) is 24.3 Å². The molecule has 3 nitrogen and oxygen atoms in total. The van der Waals surface area contributed by atoms with E-state index in [0.717, 1.165) is 22.8 Å². The molecule has 1 aliphatic rings. The molecule has 19 heavy (non-hydrogen) atoms. The number of rotatable bonds is 4. The number of hydrogen-bond donors (Lipinski definition) is 1. The number of ketones is 1. The predicted molar refractivity (Wildman–Crippen MR) is 81.2 cm³/mol. The molecule has 0 aliphatic heterocycles. The quantitative estimate of drug-likeness (QED) is 0.647. The van der Waals surface area contributed by atoms with E-state index < -0.39 is 5.97 Å². The van der Waals surface area contributed by atoms with Gasteiger partial charge in [-0.3, -0.25) is 9.59 Å². The number of hydrogen-bond acceptors (Lipinski definition) is 2. The second-order valence-corrected chi connectivity index (χ2v) is 6.37. The number of aliphatic carboxylic acids is 1. The van der Waals surface area contributed by atoms with Crippen LogP contribution in [0.5, 0.6) is 0 Å². The minimum atomic E-state index is -0.750. The molecule has 0 unspecified atom stereocenters. The van der Waals surface area contributed by atoms with Crippen LogP contribution in [0.1, 0.15) is 42.5 Å². The third-order valence-electron chi connectivity index (χ3n) is 3.84. The highest BCUT2D eigenvalue weighted by atomic mass is 127. The fraction of sp³-hybridized carbons (Fsp3) is 0.467. The minimum absolute atomic E-state index is 0.00183. The van der Waals surface area contributed by atoms with Gasteiger partial charge in [0, 0.05) is 15.6 Å². The molecule has 0 heterocycles. The van der Waals surface area contributed by atoms with Crippen LogP contribution < -0.4 is 0 Å². The van der Waals surface area contributed by atoms with Crippen LogP contribution in [0, 0.1) is 15.4 Å². The fourth-order valence-electron chi connectivity index (χ4n) is 2.77. The number of carbonyl (C=O) groups is 2. The van der Waals surface area contributed by atoms with Crippen molar-refractivity contribution < 1.29 is 14.7 Å². The highest BCUT2D eigenvalue weighted by molar-refractivity contribution is 14.1. The van der Waals surface area contributed by atoms with E-state index in [1.165, 1.54) is 0 Å². The van der Waals surface area contributed by atoms with Crippen molar-refractivity contribution in [2.75, 3.05) is 0 Å². The van der Waals surface area contributed by atoms with Gasteiger partial charge in [0.15, 0.2) is 5.78 Å². The molecule has 1 saturated carbocycles. The lowest BCUT2D eigenvalue weighted by Gasteiger charge is -2.27. The van der Waals surface area contributed by atoms with Crippen LogP contribution in [-0.2, 0) is 4.79 Å². The van der Waals surface area contributed by atoms with Crippen LogP contribution in [-0.4, -0.2) is 16.9 Å². The third-order valence-corrected chi connectivity index (χ3v) is 4.56. The van der Waals surface area contributed by atoms with Crippen LogP contribution in [0.4, 0.5) is 0 Å². The third kappa shape index (κ3) is 3.78. The monoisotopic (exact) mass is 372 g/mol. The van der Waals surface area contributed by atoms with Gasteiger partial charge in [-0.2, -0.15) is 0 Å². The van der Waals surface area contributed by atoms with Gasteiger partial charge in [0.2, 0.25) is 0 Å². The molecule has 0 bridgehead atoms. The molecular formula is C15H17IO3. The largest absolute Gasteiger partial charge is 0.481 e. The summed E-state index contributed by atoms with van der Waals surface area (Å²) in [5.41, 5.74) is 0.690. The number of Topliss-reactive ketones (excluding diaryl/α,β-unsaturated/α-hetero) is 1. The molecule has 0 amide bonds. The fourth-order valence-corrected chi connectivity index (χ4v) is 3.13. The second kappa shape index (κ2) is 6.50. The number of carboxylic acids is 1. The molecule has 102 valence electrons. The normalized spacial score (nSPS) is 23.0. The molecule has 1 aliphatic carbocycles. The van der Waals surface area contributed by atoms with Crippen LogP contribution in [0.3, 0.4) is 0 Å². The summed E-state index contributed by atoms with van der Waals surface area (Å²) in [4.78, 5) is 23.4. The van der Waals surface area contributed by atoms with E-state index in [9.17, 15) is 14.7 Å². The lowest BCUT2D eigenvalue weighted by molar-refractivity contribution is -0.144. The Labute approximate surface area is 126 Å². The Morgan fingerprint density at radius 2 is 1.79 bits per heavy atom. The minimum Gasteiger partial charge on any atom is -0.481 e. The maximum Gasteiger partial charge on any atom is 0.306 e. The van der Waals surface area contributed by atoms with Crippen LogP contribution in [0.2, 0.25) is 0 Å². The Bertz CT molecular complexity index is 467. The molecule has 1 N–H and O–H groups in total. The predicted octanol–water partition coefficient (Wildman–Crippen LogP) is 3.76. The molecular weight excluding hydrogens is 355 g/mol. The zero-order valence-electron chi connectivity index (χ0n) is 10.6. The van der Waals surface area contributed by atoms with E-state index in [2.05, 4.69) is 22.6 Å². The van der Waals surface area contributed by atoms with E-state index in [-0.39, 0.29) is 17.6 Å². The van der Waals surface area contributed by atoms with Crippen LogP contribution in [0.25, 0.3) is 0 Å². The first kappa shape index (κ1) is 14.5. The van der Waals surface area contributed by atoms with Gasteiger partial charge in [-0.1, -0.05) is 25.0 Å². The summed E-state index contributed by atoms with van der Waals surface area (Å²) >= 11 is 2.20. The Kier molecular flexibility index (Phi) is 4.96. The molecule has 1 fully saturated rings. The van der Waals surface area contributed by atoms with Gasteiger partial charge in [0.1, 0.15) is 0 Å². The SMILES string of the molecule is O=C(C[C@@H]1CCCC[C@H]1C(=O)O)c1ccc(I)cc1. The lowest BCUT2D eigenvalue weighted by atomic mass is 9.76. The first-order chi connectivity index (χ1) is 9.08. The second-order valence-electron chi connectivity index (χ2n) is 5.12. The van der Waals surface area contributed by atoms with Crippen molar-refractivity contribution >= 4 is 34.3 Å². The Morgan fingerprint density at radius 1 is 1.16 bits per heavy atom. The summed E-state index contributed by atoms with van der Waals surface area (Å²) in [6.45, 7) is 0. The summed E-state index contributed by atoms with van der Waals surface area (Å²) < 4.78 is 1.09. The first-order valence-electron chi connectivity index (χ1n) is 6.59. The van der Waals surface area contributed by atoms with Crippen molar-refractivity contribution in [1.82, 2.24) is 0 Å². The van der Waals surface area contributed by atoms with Gasteiger partial charge >= 0.3 is 5.97 Å². The number of benzene rings is 1. The molecule has 1 aromatic carbocycles.